The number of carbonyl (C=O) groups is 1. The zero-order valence-corrected chi connectivity index (χ0v) is 10.2. The smallest absolute Gasteiger partial charge is 0.223 e. The molecule has 92 valence electrons. The van der Waals surface area contributed by atoms with Crippen LogP contribution in [0.3, 0.4) is 0 Å². The van der Waals surface area contributed by atoms with E-state index in [1.807, 2.05) is 0 Å². The van der Waals surface area contributed by atoms with Gasteiger partial charge in [-0.25, -0.2) is 0 Å². The first-order chi connectivity index (χ1) is 7.66. The molecule has 2 fully saturated rings. The average molecular weight is 225 g/mol. The molecule has 1 amide bonds. The van der Waals surface area contributed by atoms with E-state index in [4.69, 9.17) is 5.11 Å². The van der Waals surface area contributed by atoms with Gasteiger partial charge in [-0.15, -0.1) is 0 Å². The fourth-order valence-corrected chi connectivity index (χ4v) is 2.93. The van der Waals surface area contributed by atoms with Gasteiger partial charge in [-0.3, -0.25) is 4.79 Å². The molecule has 1 atom stereocenters. The number of likely N-dealkylation sites (tertiary alicyclic amines) is 1. The third-order valence-corrected chi connectivity index (χ3v) is 4.17. The highest BCUT2D eigenvalue weighted by Gasteiger charge is 2.31. The molecule has 3 heteroatoms. The highest BCUT2D eigenvalue weighted by atomic mass is 16.3. The number of aliphatic hydroxyl groups excluding tert-OH is 1. The molecular formula is C13H23NO2. The molecule has 0 aromatic carbocycles. The summed E-state index contributed by atoms with van der Waals surface area (Å²) >= 11 is 0. The monoisotopic (exact) mass is 225 g/mol. The van der Waals surface area contributed by atoms with Crippen LogP contribution in [0.1, 0.15) is 45.4 Å². The molecule has 2 rings (SSSR count). The SMILES string of the molecule is CC(CC(=O)N1CC(O)C1)C1CCCCC1. The van der Waals surface area contributed by atoms with Crippen LogP contribution >= 0.6 is 0 Å². The number of β-amino-alcohol motifs (C(OH)–C–C–N with tert-alkyl or cyclic N) is 1. The Morgan fingerprint density at radius 1 is 1.31 bits per heavy atom. The molecule has 0 aromatic heterocycles. The summed E-state index contributed by atoms with van der Waals surface area (Å²) in [5.74, 6) is 1.51. The predicted octanol–water partition coefficient (Wildman–Crippen LogP) is 1.80. The third kappa shape index (κ3) is 2.76. The van der Waals surface area contributed by atoms with Gasteiger partial charge in [0.2, 0.25) is 5.91 Å². The molecule has 0 bridgehead atoms. The molecular weight excluding hydrogens is 202 g/mol. The van der Waals surface area contributed by atoms with Crippen molar-refractivity contribution in [2.75, 3.05) is 13.1 Å². The number of nitrogens with zero attached hydrogens (tertiary/aromatic N) is 1. The largest absolute Gasteiger partial charge is 0.389 e. The van der Waals surface area contributed by atoms with Gasteiger partial charge in [0.1, 0.15) is 0 Å². The van der Waals surface area contributed by atoms with E-state index < -0.39 is 0 Å². The number of hydrogen-bond acceptors (Lipinski definition) is 2. The van der Waals surface area contributed by atoms with Crippen molar-refractivity contribution in [2.24, 2.45) is 11.8 Å². The molecule has 1 aliphatic heterocycles. The molecule has 16 heavy (non-hydrogen) atoms. The highest BCUT2D eigenvalue weighted by molar-refractivity contribution is 5.77. The minimum absolute atomic E-state index is 0.239. The molecule has 1 saturated heterocycles. The standard InChI is InChI=1S/C13H23NO2/c1-10(11-5-3-2-4-6-11)7-13(16)14-8-12(15)9-14/h10-12,15H,2-9H2,1H3. The first-order valence-electron chi connectivity index (χ1n) is 6.62. The van der Waals surface area contributed by atoms with Gasteiger partial charge in [-0.1, -0.05) is 39.0 Å². The van der Waals surface area contributed by atoms with Crippen molar-refractivity contribution in [3.63, 3.8) is 0 Å². The molecule has 1 heterocycles. The summed E-state index contributed by atoms with van der Waals surface area (Å²) < 4.78 is 0. The summed E-state index contributed by atoms with van der Waals surface area (Å²) in [7, 11) is 0. The van der Waals surface area contributed by atoms with Crippen LogP contribution in [0.2, 0.25) is 0 Å². The van der Waals surface area contributed by atoms with E-state index in [0.29, 0.717) is 25.4 Å². The topological polar surface area (TPSA) is 40.5 Å². The molecule has 1 unspecified atom stereocenters. The second-order valence-electron chi connectivity index (χ2n) is 5.53. The maximum absolute atomic E-state index is 11.8. The molecule has 3 nitrogen and oxygen atoms in total. The normalized spacial score (nSPS) is 25.2. The second kappa shape index (κ2) is 5.17. The van der Waals surface area contributed by atoms with Crippen LogP contribution in [-0.2, 0) is 4.79 Å². The Labute approximate surface area is 97.8 Å². The summed E-state index contributed by atoms with van der Waals surface area (Å²) in [5, 5.41) is 9.16. The van der Waals surface area contributed by atoms with Gasteiger partial charge in [0.25, 0.3) is 0 Å². The fourth-order valence-electron chi connectivity index (χ4n) is 2.93. The van der Waals surface area contributed by atoms with Gasteiger partial charge >= 0.3 is 0 Å². The number of carbonyl (C=O) groups excluding carboxylic acids is 1. The van der Waals surface area contributed by atoms with Crippen LogP contribution < -0.4 is 0 Å². The van der Waals surface area contributed by atoms with Crippen LogP contribution in [0.15, 0.2) is 0 Å². The van der Waals surface area contributed by atoms with Crippen molar-refractivity contribution in [3.8, 4) is 0 Å². The molecule has 0 aromatic rings. The van der Waals surface area contributed by atoms with Crippen LogP contribution in [-0.4, -0.2) is 35.1 Å². The molecule has 0 radical (unpaired) electrons. The van der Waals surface area contributed by atoms with Gasteiger partial charge in [0, 0.05) is 19.5 Å². The van der Waals surface area contributed by atoms with Gasteiger partial charge in [-0.2, -0.15) is 0 Å². The zero-order valence-electron chi connectivity index (χ0n) is 10.2. The Kier molecular flexibility index (Phi) is 3.85. The fraction of sp³-hybridized carbons (Fsp3) is 0.923. The van der Waals surface area contributed by atoms with Gasteiger partial charge in [0.15, 0.2) is 0 Å². The first-order valence-corrected chi connectivity index (χ1v) is 6.62. The van der Waals surface area contributed by atoms with E-state index in [9.17, 15) is 4.79 Å². The van der Waals surface area contributed by atoms with Crippen molar-refractivity contribution < 1.29 is 9.90 Å². The van der Waals surface area contributed by atoms with Crippen LogP contribution in [0.25, 0.3) is 0 Å². The van der Waals surface area contributed by atoms with Crippen molar-refractivity contribution in [2.45, 2.75) is 51.6 Å². The Balaban J connectivity index is 1.73. The van der Waals surface area contributed by atoms with E-state index in [1.165, 1.54) is 32.1 Å². The Bertz CT molecular complexity index is 242. The lowest BCUT2D eigenvalue weighted by atomic mass is 9.79. The minimum atomic E-state index is -0.270. The average Bonchev–Trinajstić information content (AvgIpc) is 2.26. The lowest BCUT2D eigenvalue weighted by molar-refractivity contribution is -0.142. The third-order valence-electron chi connectivity index (χ3n) is 4.17. The maximum atomic E-state index is 11.8. The minimum Gasteiger partial charge on any atom is -0.389 e. The van der Waals surface area contributed by atoms with Gasteiger partial charge in [-0.05, 0) is 11.8 Å². The highest BCUT2D eigenvalue weighted by Crippen LogP contribution is 2.32. The van der Waals surface area contributed by atoms with E-state index in [2.05, 4.69) is 6.92 Å². The van der Waals surface area contributed by atoms with Crippen LogP contribution in [0.4, 0.5) is 0 Å². The second-order valence-corrected chi connectivity index (χ2v) is 5.53. The number of amides is 1. The number of aliphatic hydroxyl groups is 1. The lowest BCUT2D eigenvalue weighted by Crippen LogP contribution is -2.53. The van der Waals surface area contributed by atoms with Crippen molar-refractivity contribution >= 4 is 5.91 Å². The summed E-state index contributed by atoms with van der Waals surface area (Å²) in [5.41, 5.74) is 0. The summed E-state index contributed by atoms with van der Waals surface area (Å²) in [4.78, 5) is 13.6. The molecule has 0 spiro atoms. The molecule has 1 aliphatic carbocycles. The Hall–Kier alpha value is -0.570. The quantitative estimate of drug-likeness (QED) is 0.795. The van der Waals surface area contributed by atoms with Crippen molar-refractivity contribution in [1.82, 2.24) is 4.90 Å². The summed E-state index contributed by atoms with van der Waals surface area (Å²) in [6, 6.07) is 0. The lowest BCUT2D eigenvalue weighted by Gasteiger charge is -2.37. The van der Waals surface area contributed by atoms with E-state index in [-0.39, 0.29) is 12.0 Å². The van der Waals surface area contributed by atoms with Gasteiger partial charge in [0.05, 0.1) is 6.10 Å². The number of hydrogen-bond donors (Lipinski definition) is 1. The van der Waals surface area contributed by atoms with Gasteiger partial charge < -0.3 is 10.0 Å². The Morgan fingerprint density at radius 2 is 1.94 bits per heavy atom. The molecule has 1 N–H and O–H groups in total. The summed E-state index contributed by atoms with van der Waals surface area (Å²) in [6.45, 7) is 3.32. The van der Waals surface area contributed by atoms with E-state index >= 15 is 0 Å². The Morgan fingerprint density at radius 3 is 2.50 bits per heavy atom. The molecule has 2 aliphatic rings. The predicted molar refractivity (Wildman–Crippen MR) is 62.9 cm³/mol. The zero-order chi connectivity index (χ0) is 11.5. The van der Waals surface area contributed by atoms with E-state index in [0.717, 1.165) is 5.92 Å². The molecule has 1 saturated carbocycles. The van der Waals surface area contributed by atoms with Crippen molar-refractivity contribution in [1.29, 1.82) is 0 Å². The van der Waals surface area contributed by atoms with Crippen LogP contribution in [0, 0.1) is 11.8 Å². The number of rotatable bonds is 3. The van der Waals surface area contributed by atoms with Crippen LogP contribution in [0.5, 0.6) is 0 Å². The first kappa shape index (κ1) is 11.9. The maximum Gasteiger partial charge on any atom is 0.223 e. The van der Waals surface area contributed by atoms with Crippen molar-refractivity contribution in [3.05, 3.63) is 0 Å². The van der Waals surface area contributed by atoms with E-state index in [1.54, 1.807) is 4.90 Å². The summed E-state index contributed by atoms with van der Waals surface area (Å²) in [6.07, 6.45) is 7.06.